The summed E-state index contributed by atoms with van der Waals surface area (Å²) < 4.78 is 5.34. The number of H-pyrrole nitrogens is 1. The third-order valence-electron chi connectivity index (χ3n) is 3.59. The number of aromatic nitrogens is 2. The van der Waals surface area contributed by atoms with Gasteiger partial charge in [-0.25, -0.2) is 0 Å². The Morgan fingerprint density at radius 3 is 2.81 bits per heavy atom. The lowest BCUT2D eigenvalue weighted by Crippen LogP contribution is -2.36. The molecule has 0 saturated carbocycles. The largest absolute Gasteiger partial charge is 0.496 e. The molecule has 0 aliphatic carbocycles. The molecule has 112 valence electrons. The van der Waals surface area contributed by atoms with Crippen LogP contribution in [0, 0.1) is 0 Å². The van der Waals surface area contributed by atoms with Crippen molar-refractivity contribution in [3.63, 3.8) is 0 Å². The fourth-order valence-electron chi connectivity index (χ4n) is 2.18. The summed E-state index contributed by atoms with van der Waals surface area (Å²) in [5, 5.41) is 6.35. The molecule has 1 atom stereocenters. The molecule has 2 aromatic rings. The van der Waals surface area contributed by atoms with E-state index >= 15 is 0 Å². The van der Waals surface area contributed by atoms with Gasteiger partial charge in [-0.05, 0) is 25.0 Å². The van der Waals surface area contributed by atoms with Gasteiger partial charge in [0.1, 0.15) is 17.1 Å². The first-order valence-electron chi connectivity index (χ1n) is 6.72. The van der Waals surface area contributed by atoms with Crippen molar-refractivity contribution < 1.29 is 9.53 Å². The molecule has 21 heavy (non-hydrogen) atoms. The topological polar surface area (TPSA) is 84.2 Å². The minimum Gasteiger partial charge on any atom is -0.496 e. The van der Waals surface area contributed by atoms with Crippen molar-refractivity contribution >= 4 is 11.7 Å². The zero-order chi connectivity index (χ0) is 15.4. The number of carbonyl (C=O) groups is 1. The maximum absolute atomic E-state index is 12.4. The SMILES string of the molecule is COc1ccccc1CC(C)N(C)C(=O)c1cn[nH]c1N. The van der Waals surface area contributed by atoms with E-state index in [-0.39, 0.29) is 17.8 Å². The molecule has 6 nitrogen and oxygen atoms in total. The summed E-state index contributed by atoms with van der Waals surface area (Å²) in [6, 6.07) is 7.80. The first-order valence-corrected chi connectivity index (χ1v) is 6.72. The Morgan fingerprint density at radius 2 is 2.19 bits per heavy atom. The first kappa shape index (κ1) is 14.9. The van der Waals surface area contributed by atoms with E-state index in [2.05, 4.69) is 10.2 Å². The van der Waals surface area contributed by atoms with Crippen LogP contribution in [-0.4, -0.2) is 41.2 Å². The minimum atomic E-state index is -0.149. The molecule has 2 rings (SSSR count). The summed E-state index contributed by atoms with van der Waals surface area (Å²) in [5.41, 5.74) is 7.15. The van der Waals surface area contributed by atoms with Gasteiger partial charge in [-0.15, -0.1) is 0 Å². The number of ether oxygens (including phenoxy) is 1. The molecule has 0 spiro atoms. The number of rotatable bonds is 5. The Morgan fingerprint density at radius 1 is 1.48 bits per heavy atom. The van der Waals surface area contributed by atoms with Gasteiger partial charge in [-0.1, -0.05) is 18.2 Å². The van der Waals surface area contributed by atoms with Crippen molar-refractivity contribution in [1.29, 1.82) is 0 Å². The van der Waals surface area contributed by atoms with E-state index in [1.165, 1.54) is 6.20 Å². The highest BCUT2D eigenvalue weighted by atomic mass is 16.5. The Kier molecular flexibility index (Phi) is 4.47. The molecule has 3 N–H and O–H groups in total. The predicted octanol–water partition coefficient (Wildman–Crippen LogP) is 1.70. The van der Waals surface area contributed by atoms with Gasteiger partial charge < -0.3 is 15.4 Å². The van der Waals surface area contributed by atoms with Gasteiger partial charge in [0.15, 0.2) is 0 Å². The smallest absolute Gasteiger partial charge is 0.259 e. The Balaban J connectivity index is 2.11. The fraction of sp³-hybridized carbons (Fsp3) is 0.333. The number of hydrogen-bond donors (Lipinski definition) is 2. The van der Waals surface area contributed by atoms with Crippen LogP contribution in [0.4, 0.5) is 5.82 Å². The highest BCUT2D eigenvalue weighted by Gasteiger charge is 2.21. The molecule has 0 radical (unpaired) electrons. The molecule has 6 heteroatoms. The van der Waals surface area contributed by atoms with Crippen molar-refractivity contribution in [2.24, 2.45) is 0 Å². The number of benzene rings is 1. The standard InChI is InChI=1S/C15H20N4O2/c1-10(8-11-6-4-5-7-13(11)21-3)19(2)15(20)12-9-17-18-14(12)16/h4-7,9-10H,8H2,1-3H3,(H3,16,17,18). The van der Waals surface area contributed by atoms with E-state index < -0.39 is 0 Å². The maximum atomic E-state index is 12.4. The molecule has 1 heterocycles. The number of methoxy groups -OCH3 is 1. The molecule has 0 aliphatic heterocycles. The van der Waals surface area contributed by atoms with Gasteiger partial charge in [0, 0.05) is 13.1 Å². The van der Waals surface area contributed by atoms with Crippen LogP contribution in [0.5, 0.6) is 5.75 Å². The number of amides is 1. The van der Waals surface area contributed by atoms with Crippen molar-refractivity contribution in [3.05, 3.63) is 41.6 Å². The van der Waals surface area contributed by atoms with Crippen LogP contribution in [0.15, 0.2) is 30.5 Å². The number of nitrogens with two attached hydrogens (primary N) is 1. The third-order valence-corrected chi connectivity index (χ3v) is 3.59. The number of nitrogens with one attached hydrogen (secondary N) is 1. The highest BCUT2D eigenvalue weighted by molar-refractivity contribution is 5.98. The summed E-state index contributed by atoms with van der Waals surface area (Å²) in [6.45, 7) is 1.99. The second-order valence-electron chi connectivity index (χ2n) is 4.98. The summed E-state index contributed by atoms with van der Waals surface area (Å²) >= 11 is 0. The van der Waals surface area contributed by atoms with Crippen LogP contribution in [0.3, 0.4) is 0 Å². The zero-order valence-corrected chi connectivity index (χ0v) is 12.5. The Labute approximate surface area is 123 Å². The lowest BCUT2D eigenvalue weighted by Gasteiger charge is -2.25. The van der Waals surface area contributed by atoms with E-state index in [4.69, 9.17) is 10.5 Å². The third kappa shape index (κ3) is 3.16. The second kappa shape index (κ2) is 6.30. The van der Waals surface area contributed by atoms with Crippen LogP contribution < -0.4 is 10.5 Å². The lowest BCUT2D eigenvalue weighted by molar-refractivity contribution is 0.0744. The van der Waals surface area contributed by atoms with Crippen LogP contribution in [0.25, 0.3) is 0 Å². The Hall–Kier alpha value is -2.50. The van der Waals surface area contributed by atoms with Gasteiger partial charge >= 0.3 is 0 Å². The first-order chi connectivity index (χ1) is 10.0. The van der Waals surface area contributed by atoms with Gasteiger partial charge in [-0.3, -0.25) is 9.89 Å². The molecule has 1 amide bonds. The average Bonchev–Trinajstić information content (AvgIpc) is 2.92. The van der Waals surface area contributed by atoms with Crippen molar-refractivity contribution in [3.8, 4) is 5.75 Å². The number of nitrogen functional groups attached to an aromatic ring is 1. The van der Waals surface area contributed by atoms with Gasteiger partial charge in [0.05, 0.1) is 13.3 Å². The molecule has 1 aromatic carbocycles. The highest BCUT2D eigenvalue weighted by Crippen LogP contribution is 2.21. The number of aromatic amines is 1. The van der Waals surface area contributed by atoms with Gasteiger partial charge in [0.2, 0.25) is 0 Å². The molecule has 0 fully saturated rings. The van der Waals surface area contributed by atoms with Crippen molar-refractivity contribution in [2.75, 3.05) is 19.9 Å². The predicted molar refractivity (Wildman–Crippen MR) is 81.3 cm³/mol. The van der Waals surface area contributed by atoms with Crippen LogP contribution in [0.1, 0.15) is 22.8 Å². The van der Waals surface area contributed by atoms with E-state index in [9.17, 15) is 4.79 Å². The number of hydrogen-bond acceptors (Lipinski definition) is 4. The molecular weight excluding hydrogens is 268 g/mol. The zero-order valence-electron chi connectivity index (χ0n) is 12.5. The van der Waals surface area contributed by atoms with E-state index in [1.807, 2.05) is 31.2 Å². The second-order valence-corrected chi connectivity index (χ2v) is 4.98. The molecule has 1 unspecified atom stereocenters. The summed E-state index contributed by atoms with van der Waals surface area (Å²) in [4.78, 5) is 14.0. The lowest BCUT2D eigenvalue weighted by atomic mass is 10.0. The number of carbonyl (C=O) groups excluding carboxylic acids is 1. The van der Waals surface area contributed by atoms with Crippen LogP contribution in [0.2, 0.25) is 0 Å². The van der Waals surface area contributed by atoms with E-state index in [1.54, 1.807) is 19.1 Å². The summed E-state index contributed by atoms with van der Waals surface area (Å²) in [6.07, 6.45) is 2.15. The number of nitrogens with zero attached hydrogens (tertiary/aromatic N) is 2. The van der Waals surface area contributed by atoms with E-state index in [0.29, 0.717) is 12.0 Å². The minimum absolute atomic E-state index is 0.00287. The number of anilines is 1. The van der Waals surface area contributed by atoms with Gasteiger partial charge in [-0.2, -0.15) is 5.10 Å². The van der Waals surface area contributed by atoms with Crippen LogP contribution in [-0.2, 0) is 6.42 Å². The number of para-hydroxylation sites is 1. The fourth-order valence-corrected chi connectivity index (χ4v) is 2.18. The Bertz CT molecular complexity index is 624. The maximum Gasteiger partial charge on any atom is 0.259 e. The summed E-state index contributed by atoms with van der Waals surface area (Å²) in [7, 11) is 3.40. The average molecular weight is 288 g/mol. The quantitative estimate of drug-likeness (QED) is 0.877. The molecule has 0 saturated heterocycles. The normalized spacial score (nSPS) is 12.0. The summed E-state index contributed by atoms with van der Waals surface area (Å²) in [5.74, 6) is 0.966. The van der Waals surface area contributed by atoms with Crippen molar-refractivity contribution in [1.82, 2.24) is 15.1 Å². The van der Waals surface area contributed by atoms with Crippen molar-refractivity contribution in [2.45, 2.75) is 19.4 Å². The molecule has 0 bridgehead atoms. The monoisotopic (exact) mass is 288 g/mol. The molecule has 0 aliphatic rings. The van der Waals surface area contributed by atoms with E-state index in [0.717, 1.165) is 11.3 Å². The molecular formula is C15H20N4O2. The number of likely N-dealkylation sites (N-methyl/N-ethyl adjacent to an activating group) is 1. The van der Waals surface area contributed by atoms with Gasteiger partial charge in [0.25, 0.3) is 5.91 Å². The molecule has 1 aromatic heterocycles. The van der Waals surface area contributed by atoms with Crippen LogP contribution >= 0.6 is 0 Å².